The lowest BCUT2D eigenvalue weighted by Crippen LogP contribution is -2.39. The van der Waals surface area contributed by atoms with Crippen molar-refractivity contribution in [2.75, 3.05) is 18.4 Å². The van der Waals surface area contributed by atoms with Crippen LogP contribution in [0.2, 0.25) is 0 Å². The van der Waals surface area contributed by atoms with E-state index in [0.717, 1.165) is 19.3 Å². The molecule has 1 aliphatic heterocycles. The first-order chi connectivity index (χ1) is 7.74. The zero-order valence-electron chi connectivity index (χ0n) is 8.95. The van der Waals surface area contributed by atoms with Gasteiger partial charge in [-0.3, -0.25) is 4.79 Å². The summed E-state index contributed by atoms with van der Waals surface area (Å²) in [5.41, 5.74) is 2.08. The molecule has 0 aromatic rings. The summed E-state index contributed by atoms with van der Waals surface area (Å²) < 4.78 is 0. The molecule has 0 aromatic carbocycles. The topological polar surface area (TPSA) is 58.6 Å². The smallest absolute Gasteiger partial charge is 0.321 e. The molecule has 0 aromatic heterocycles. The van der Waals surface area contributed by atoms with Crippen molar-refractivity contribution in [2.45, 2.75) is 19.3 Å². The minimum atomic E-state index is -0.486. The largest absolute Gasteiger partial charge is 0.434 e. The number of nitrogens with one attached hydrogen (secondary N) is 1. The Morgan fingerprint density at radius 3 is 2.62 bits per heavy atom. The average molecular weight is 291 g/mol. The molecule has 0 radical (unpaired) electrons. The predicted molar refractivity (Wildman–Crippen MR) is 63.0 cm³/mol. The molecule has 0 saturated carbocycles. The highest BCUT2D eigenvalue weighted by Gasteiger charge is 2.18. The van der Waals surface area contributed by atoms with E-state index in [9.17, 15) is 9.59 Å². The van der Waals surface area contributed by atoms with E-state index in [4.69, 9.17) is 0 Å². The Kier molecular flexibility index (Phi) is 5.92. The van der Waals surface area contributed by atoms with Crippen molar-refractivity contribution in [3.05, 3.63) is 12.2 Å². The van der Waals surface area contributed by atoms with Crippen LogP contribution in [0.1, 0.15) is 19.3 Å². The predicted octanol–water partition coefficient (Wildman–Crippen LogP) is 1.59. The van der Waals surface area contributed by atoms with Crippen molar-refractivity contribution in [2.24, 2.45) is 0 Å². The number of allylic oxidation sites excluding steroid dienone is 1. The fourth-order valence-electron chi connectivity index (χ4n) is 1.42. The third-order valence-corrected chi connectivity index (χ3v) is 2.59. The van der Waals surface area contributed by atoms with Gasteiger partial charge in [0, 0.05) is 24.5 Å². The van der Waals surface area contributed by atoms with Gasteiger partial charge < -0.3 is 9.74 Å². The Balaban J connectivity index is 2.23. The van der Waals surface area contributed by atoms with Crippen LogP contribution in [0.4, 0.5) is 4.79 Å². The molecule has 1 saturated heterocycles. The second-order valence-corrected chi connectivity index (χ2v) is 4.09. The number of piperidine rings is 1. The number of rotatable bonds is 2. The van der Waals surface area contributed by atoms with Crippen molar-refractivity contribution in [1.29, 1.82) is 0 Å². The molecule has 1 aliphatic rings. The van der Waals surface area contributed by atoms with Gasteiger partial charge in [0.25, 0.3) is 5.91 Å². The molecule has 6 heteroatoms. The van der Waals surface area contributed by atoms with Gasteiger partial charge in [-0.1, -0.05) is 22.0 Å². The van der Waals surface area contributed by atoms with Crippen LogP contribution in [0, 0.1) is 0 Å². The summed E-state index contributed by atoms with van der Waals surface area (Å²) in [4.78, 5) is 28.8. The Bertz CT molecular complexity index is 275. The molecular weight excluding hydrogens is 276 g/mol. The normalized spacial score (nSPS) is 16.2. The number of hydroxylamine groups is 1. The molecule has 0 bridgehead atoms. The highest BCUT2D eigenvalue weighted by atomic mass is 79.9. The molecule has 1 rings (SSSR count). The number of carbonyl (C=O) groups excluding carboxylic acids is 2. The number of likely N-dealkylation sites (tertiary alicyclic amines) is 1. The minimum absolute atomic E-state index is 0.440. The summed E-state index contributed by atoms with van der Waals surface area (Å²) >= 11 is 3.14. The zero-order valence-corrected chi connectivity index (χ0v) is 10.5. The number of carbonyl (C=O) groups is 2. The van der Waals surface area contributed by atoms with Crippen molar-refractivity contribution in [3.8, 4) is 0 Å². The van der Waals surface area contributed by atoms with E-state index in [1.165, 1.54) is 6.08 Å². The Labute approximate surface area is 103 Å². The lowest BCUT2D eigenvalue weighted by Gasteiger charge is -2.25. The monoisotopic (exact) mass is 290 g/mol. The van der Waals surface area contributed by atoms with E-state index in [2.05, 4.69) is 26.2 Å². The van der Waals surface area contributed by atoms with Gasteiger partial charge in [-0.05, 0) is 19.3 Å². The Morgan fingerprint density at radius 2 is 2.00 bits per heavy atom. The first-order valence-electron chi connectivity index (χ1n) is 5.22. The van der Waals surface area contributed by atoms with Crippen molar-refractivity contribution < 1.29 is 14.4 Å². The molecule has 90 valence electrons. The molecule has 1 N–H and O–H groups in total. The van der Waals surface area contributed by atoms with Crippen LogP contribution < -0.4 is 5.48 Å². The van der Waals surface area contributed by atoms with Crippen LogP contribution in [-0.4, -0.2) is 35.3 Å². The number of hydrogen-bond acceptors (Lipinski definition) is 3. The molecule has 0 spiro atoms. The number of amides is 2. The standard InChI is InChI=1S/C10H15BrN2O3/c11-6-4-5-9(14)12-16-10(15)13-7-2-1-3-8-13/h4-5H,1-3,6-8H2,(H,12,14)/b5-4+. The third kappa shape index (κ3) is 4.65. The van der Waals surface area contributed by atoms with Crippen LogP contribution >= 0.6 is 15.9 Å². The minimum Gasteiger partial charge on any atom is -0.321 e. The van der Waals surface area contributed by atoms with Crippen molar-refractivity contribution in [3.63, 3.8) is 0 Å². The number of alkyl halides is 1. The molecule has 0 unspecified atom stereocenters. The summed E-state index contributed by atoms with van der Waals surface area (Å²) in [5.74, 6) is -0.440. The quantitative estimate of drug-likeness (QED) is 0.477. The van der Waals surface area contributed by atoms with Crippen molar-refractivity contribution in [1.82, 2.24) is 10.4 Å². The second kappa shape index (κ2) is 7.27. The molecule has 16 heavy (non-hydrogen) atoms. The molecular formula is C10H15BrN2O3. The van der Waals surface area contributed by atoms with E-state index < -0.39 is 12.0 Å². The maximum Gasteiger partial charge on any atom is 0.434 e. The van der Waals surface area contributed by atoms with E-state index in [-0.39, 0.29) is 0 Å². The van der Waals surface area contributed by atoms with Crippen LogP contribution in [0.15, 0.2) is 12.2 Å². The van der Waals surface area contributed by atoms with E-state index in [1.807, 2.05) is 0 Å². The summed E-state index contributed by atoms with van der Waals surface area (Å²) in [5, 5.41) is 0.584. The van der Waals surface area contributed by atoms with Gasteiger partial charge >= 0.3 is 6.09 Å². The lowest BCUT2D eigenvalue weighted by molar-refractivity contribution is -0.125. The van der Waals surface area contributed by atoms with E-state index in [0.29, 0.717) is 18.4 Å². The maximum atomic E-state index is 11.4. The SMILES string of the molecule is O=C(/C=C/CBr)NOC(=O)N1CCCCC1. The number of halogens is 1. The molecule has 2 amide bonds. The Morgan fingerprint density at radius 1 is 1.31 bits per heavy atom. The van der Waals surface area contributed by atoms with Gasteiger partial charge in [-0.15, -0.1) is 0 Å². The molecule has 1 fully saturated rings. The van der Waals surface area contributed by atoms with Gasteiger partial charge in [0.05, 0.1) is 0 Å². The zero-order chi connectivity index (χ0) is 11.8. The van der Waals surface area contributed by atoms with Gasteiger partial charge in [-0.25, -0.2) is 4.79 Å². The average Bonchev–Trinajstić information content (AvgIpc) is 2.34. The van der Waals surface area contributed by atoms with E-state index >= 15 is 0 Å². The summed E-state index contributed by atoms with van der Waals surface area (Å²) in [6, 6.07) is 0. The fraction of sp³-hybridized carbons (Fsp3) is 0.600. The number of hydrogen-bond donors (Lipinski definition) is 1. The van der Waals surface area contributed by atoms with Gasteiger partial charge in [-0.2, -0.15) is 5.48 Å². The summed E-state index contributed by atoms with van der Waals surface area (Å²) in [6.07, 6.45) is 5.56. The van der Waals surface area contributed by atoms with Gasteiger partial charge in [0.15, 0.2) is 0 Å². The second-order valence-electron chi connectivity index (χ2n) is 3.44. The van der Waals surface area contributed by atoms with Gasteiger partial charge in [0.2, 0.25) is 0 Å². The molecule has 1 heterocycles. The summed E-state index contributed by atoms with van der Waals surface area (Å²) in [6.45, 7) is 1.40. The lowest BCUT2D eigenvalue weighted by atomic mass is 10.1. The van der Waals surface area contributed by atoms with Crippen LogP contribution in [0.3, 0.4) is 0 Å². The van der Waals surface area contributed by atoms with Gasteiger partial charge in [0.1, 0.15) is 0 Å². The summed E-state index contributed by atoms with van der Waals surface area (Å²) in [7, 11) is 0. The Hall–Kier alpha value is -1.04. The third-order valence-electron chi connectivity index (χ3n) is 2.21. The molecule has 0 aliphatic carbocycles. The maximum absolute atomic E-state index is 11.4. The fourth-order valence-corrected chi connectivity index (χ4v) is 1.61. The van der Waals surface area contributed by atoms with Crippen LogP contribution in [0.5, 0.6) is 0 Å². The van der Waals surface area contributed by atoms with E-state index in [1.54, 1.807) is 11.0 Å². The molecule has 5 nitrogen and oxygen atoms in total. The number of nitrogens with zero attached hydrogens (tertiary/aromatic N) is 1. The highest BCUT2D eigenvalue weighted by molar-refractivity contribution is 9.09. The first kappa shape index (κ1) is 13.0. The highest BCUT2D eigenvalue weighted by Crippen LogP contribution is 2.09. The van der Waals surface area contributed by atoms with Crippen LogP contribution in [-0.2, 0) is 9.63 Å². The first-order valence-corrected chi connectivity index (χ1v) is 6.34. The van der Waals surface area contributed by atoms with Crippen LogP contribution in [0.25, 0.3) is 0 Å². The van der Waals surface area contributed by atoms with Crippen molar-refractivity contribution >= 4 is 27.9 Å². The molecule has 0 atom stereocenters.